The van der Waals surface area contributed by atoms with Crippen LogP contribution in [0.4, 0.5) is 8.78 Å². The summed E-state index contributed by atoms with van der Waals surface area (Å²) >= 11 is 0. The molecule has 1 aliphatic rings. The molecule has 0 amide bonds. The summed E-state index contributed by atoms with van der Waals surface area (Å²) < 4.78 is 39.0. The Labute approximate surface area is 171 Å². The average Bonchev–Trinajstić information content (AvgIpc) is 3.46. The molecule has 2 aromatic carbocycles. The molecule has 0 spiro atoms. The van der Waals surface area contributed by atoms with Crippen molar-refractivity contribution in [2.75, 3.05) is 0 Å². The van der Waals surface area contributed by atoms with Gasteiger partial charge in [0.05, 0.1) is 5.69 Å². The van der Waals surface area contributed by atoms with Crippen molar-refractivity contribution in [3.8, 4) is 11.8 Å². The van der Waals surface area contributed by atoms with Gasteiger partial charge in [0.15, 0.2) is 5.82 Å². The molecule has 1 aliphatic carbocycles. The van der Waals surface area contributed by atoms with Crippen molar-refractivity contribution in [3.05, 3.63) is 88.5 Å². The fourth-order valence-corrected chi connectivity index (χ4v) is 3.71. The van der Waals surface area contributed by atoms with Crippen LogP contribution in [0.15, 0.2) is 53.1 Å². The first-order valence-electron chi connectivity index (χ1n) is 9.71. The van der Waals surface area contributed by atoms with Crippen LogP contribution in [0, 0.1) is 11.6 Å². The second-order valence-electron chi connectivity index (χ2n) is 7.18. The summed E-state index contributed by atoms with van der Waals surface area (Å²) in [6, 6.07) is 12.4. The van der Waals surface area contributed by atoms with Crippen LogP contribution in [0.1, 0.15) is 34.8 Å². The number of hydrogen-bond donors (Lipinski definition) is 0. The van der Waals surface area contributed by atoms with E-state index in [1.807, 2.05) is 4.68 Å². The van der Waals surface area contributed by atoms with Gasteiger partial charge in [-0.15, -0.1) is 0 Å². The minimum atomic E-state index is -0.288. The molecule has 5 rings (SSSR count). The molecular formula is C22H18F2N4O2. The molecule has 0 saturated carbocycles. The lowest BCUT2D eigenvalue weighted by molar-refractivity contribution is 0.192. The molecule has 2 heterocycles. The second-order valence-corrected chi connectivity index (χ2v) is 7.18. The first-order valence-corrected chi connectivity index (χ1v) is 9.71. The molecule has 0 fully saturated rings. The molecule has 0 bridgehead atoms. The first kappa shape index (κ1) is 18.5. The fourth-order valence-electron chi connectivity index (χ4n) is 3.71. The van der Waals surface area contributed by atoms with E-state index in [0.717, 1.165) is 47.5 Å². The zero-order chi connectivity index (χ0) is 20.5. The van der Waals surface area contributed by atoms with E-state index < -0.39 is 0 Å². The number of rotatable bonds is 6. The molecule has 0 saturated heterocycles. The monoisotopic (exact) mass is 408 g/mol. The van der Waals surface area contributed by atoms with Gasteiger partial charge >= 0.3 is 6.08 Å². The van der Waals surface area contributed by atoms with Gasteiger partial charge in [-0.2, -0.15) is 10.1 Å². The number of hydrogen-bond acceptors (Lipinski definition) is 5. The predicted octanol–water partition coefficient (Wildman–Crippen LogP) is 4.19. The third kappa shape index (κ3) is 3.68. The van der Waals surface area contributed by atoms with Crippen molar-refractivity contribution in [3.63, 3.8) is 0 Å². The predicted molar refractivity (Wildman–Crippen MR) is 103 cm³/mol. The third-order valence-electron chi connectivity index (χ3n) is 5.14. The van der Waals surface area contributed by atoms with E-state index in [2.05, 4.69) is 15.2 Å². The van der Waals surface area contributed by atoms with Crippen LogP contribution in [0.25, 0.3) is 5.69 Å². The van der Waals surface area contributed by atoms with Gasteiger partial charge in [0.1, 0.15) is 23.9 Å². The van der Waals surface area contributed by atoms with Gasteiger partial charge in [0, 0.05) is 17.7 Å². The second kappa shape index (κ2) is 7.70. The van der Waals surface area contributed by atoms with Crippen molar-refractivity contribution < 1.29 is 18.0 Å². The highest BCUT2D eigenvalue weighted by Gasteiger charge is 2.24. The summed E-state index contributed by atoms with van der Waals surface area (Å²) in [5.74, 6) is -0.110. The topological polar surface area (TPSA) is 66.0 Å². The maximum Gasteiger partial charge on any atom is 0.417 e. The van der Waals surface area contributed by atoms with Gasteiger partial charge in [-0.05, 0) is 61.2 Å². The minimum Gasteiger partial charge on any atom is -0.442 e. The van der Waals surface area contributed by atoms with Gasteiger partial charge in [0.2, 0.25) is 0 Å². The summed E-state index contributed by atoms with van der Waals surface area (Å²) in [7, 11) is 0. The van der Waals surface area contributed by atoms with Crippen LogP contribution in [0.5, 0.6) is 6.08 Å². The summed E-state index contributed by atoms with van der Waals surface area (Å²) in [6.45, 7) is 0.203. The van der Waals surface area contributed by atoms with Crippen molar-refractivity contribution in [2.45, 2.75) is 32.3 Å². The van der Waals surface area contributed by atoms with Crippen LogP contribution >= 0.6 is 0 Å². The van der Waals surface area contributed by atoms with Crippen LogP contribution in [0.2, 0.25) is 0 Å². The fraction of sp³-hybridized carbons (Fsp3) is 0.227. The number of nitrogens with zero attached hydrogens (tertiary/aromatic N) is 4. The Bertz CT molecular complexity index is 1170. The Hall–Kier alpha value is -3.55. The molecular weight excluding hydrogens is 390 g/mol. The molecule has 0 atom stereocenters. The summed E-state index contributed by atoms with van der Waals surface area (Å²) in [6.07, 6.45) is 3.37. The highest BCUT2D eigenvalue weighted by molar-refractivity contribution is 5.40. The standard InChI is InChI=1S/C22H18F2N4O2/c23-15-6-4-14(5-7-15)12-21-25-22(30-27-21)29-13-19-18-2-1-3-20(18)28(26-19)17-10-8-16(24)9-11-17/h4-11H,1-3,12-13H2. The zero-order valence-corrected chi connectivity index (χ0v) is 16.0. The Kier molecular flexibility index (Phi) is 4.74. The lowest BCUT2D eigenvalue weighted by atomic mass is 10.1. The van der Waals surface area contributed by atoms with E-state index in [1.54, 1.807) is 24.3 Å². The summed E-state index contributed by atoms with van der Waals surface area (Å²) in [5.41, 5.74) is 4.79. The molecule has 30 heavy (non-hydrogen) atoms. The lowest BCUT2D eigenvalue weighted by Crippen LogP contribution is -2.03. The number of ether oxygens (including phenoxy) is 1. The number of fused-ring (bicyclic) bond motifs is 1. The Morgan fingerprint density at radius 2 is 1.70 bits per heavy atom. The van der Waals surface area contributed by atoms with Crippen LogP contribution < -0.4 is 4.74 Å². The largest absolute Gasteiger partial charge is 0.442 e. The Balaban J connectivity index is 1.30. The van der Waals surface area contributed by atoms with Gasteiger partial charge in [-0.25, -0.2) is 13.5 Å². The molecule has 8 heteroatoms. The lowest BCUT2D eigenvalue weighted by Gasteiger charge is -2.05. The maximum atomic E-state index is 13.3. The SMILES string of the molecule is Fc1ccc(Cc2noc(OCc3nn(-c4ccc(F)cc4)c4c3CCC4)n2)cc1. The van der Waals surface area contributed by atoms with Gasteiger partial charge in [-0.3, -0.25) is 4.52 Å². The van der Waals surface area contributed by atoms with Crippen LogP contribution in [0.3, 0.4) is 0 Å². The molecule has 152 valence electrons. The number of halogens is 2. The summed E-state index contributed by atoms with van der Waals surface area (Å²) in [5, 5.41) is 8.59. The molecule has 0 aliphatic heterocycles. The van der Waals surface area contributed by atoms with E-state index in [0.29, 0.717) is 12.2 Å². The molecule has 2 aromatic heterocycles. The van der Waals surface area contributed by atoms with Crippen LogP contribution in [-0.2, 0) is 25.9 Å². The number of benzene rings is 2. The Morgan fingerprint density at radius 3 is 2.47 bits per heavy atom. The smallest absolute Gasteiger partial charge is 0.417 e. The number of aromatic nitrogens is 4. The van der Waals surface area contributed by atoms with Crippen molar-refractivity contribution in [1.29, 1.82) is 0 Å². The van der Waals surface area contributed by atoms with E-state index in [9.17, 15) is 8.78 Å². The minimum absolute atomic E-state index is 0.0650. The molecule has 0 unspecified atom stereocenters. The van der Waals surface area contributed by atoms with Crippen molar-refractivity contribution in [1.82, 2.24) is 19.9 Å². The van der Waals surface area contributed by atoms with E-state index in [4.69, 9.17) is 9.26 Å². The zero-order valence-electron chi connectivity index (χ0n) is 16.0. The Morgan fingerprint density at radius 1 is 0.967 bits per heavy atom. The highest BCUT2D eigenvalue weighted by atomic mass is 19.1. The van der Waals surface area contributed by atoms with Gasteiger partial charge in [0.25, 0.3) is 0 Å². The van der Waals surface area contributed by atoms with E-state index in [1.165, 1.54) is 24.3 Å². The highest BCUT2D eigenvalue weighted by Crippen LogP contribution is 2.28. The normalized spacial score (nSPS) is 12.9. The van der Waals surface area contributed by atoms with Gasteiger partial charge in [-0.1, -0.05) is 17.3 Å². The third-order valence-corrected chi connectivity index (χ3v) is 5.14. The van der Waals surface area contributed by atoms with E-state index >= 15 is 0 Å². The van der Waals surface area contributed by atoms with Crippen LogP contribution in [-0.4, -0.2) is 19.9 Å². The first-order chi connectivity index (χ1) is 14.7. The maximum absolute atomic E-state index is 13.3. The van der Waals surface area contributed by atoms with Crippen molar-refractivity contribution >= 4 is 0 Å². The van der Waals surface area contributed by atoms with Gasteiger partial charge < -0.3 is 4.74 Å². The average molecular weight is 408 g/mol. The molecule has 0 radical (unpaired) electrons. The van der Waals surface area contributed by atoms with Crippen molar-refractivity contribution in [2.24, 2.45) is 0 Å². The molecule has 0 N–H and O–H groups in total. The molecule has 6 nitrogen and oxygen atoms in total. The molecule has 4 aromatic rings. The van der Waals surface area contributed by atoms with E-state index in [-0.39, 0.29) is 24.3 Å². The quantitative estimate of drug-likeness (QED) is 0.479. The summed E-state index contributed by atoms with van der Waals surface area (Å²) in [4.78, 5) is 4.24.